The average Bonchev–Trinajstić information content (AvgIpc) is 2.61. The van der Waals surface area contributed by atoms with Gasteiger partial charge in [0.15, 0.2) is 0 Å². The number of ether oxygens (including phenoxy) is 1. The van der Waals surface area contributed by atoms with Gasteiger partial charge in [0.05, 0.1) is 18.6 Å². The van der Waals surface area contributed by atoms with Crippen LogP contribution < -0.4 is 5.32 Å². The molecule has 0 radical (unpaired) electrons. The molecule has 0 spiro atoms. The van der Waals surface area contributed by atoms with Crippen LogP contribution in [0.15, 0.2) is 0 Å². The van der Waals surface area contributed by atoms with Crippen molar-refractivity contribution in [2.75, 3.05) is 19.8 Å². The maximum Gasteiger partial charge on any atom is 0.225 e. The number of carbonyl (C=O) groups excluding carboxylic acids is 1. The summed E-state index contributed by atoms with van der Waals surface area (Å²) in [6, 6.07) is 0. The van der Waals surface area contributed by atoms with E-state index >= 15 is 0 Å². The Morgan fingerprint density at radius 2 is 1.76 bits per heavy atom. The highest BCUT2D eigenvalue weighted by Crippen LogP contribution is 2.28. The lowest BCUT2D eigenvalue weighted by atomic mass is 9.85. The molecule has 0 aromatic heterocycles. The highest BCUT2D eigenvalue weighted by atomic mass is 16.5. The van der Waals surface area contributed by atoms with Gasteiger partial charge in [-0.05, 0) is 19.3 Å². The van der Waals surface area contributed by atoms with Crippen LogP contribution in [-0.2, 0) is 9.53 Å². The van der Waals surface area contributed by atoms with Gasteiger partial charge in [-0.2, -0.15) is 0 Å². The van der Waals surface area contributed by atoms with E-state index in [1.165, 1.54) is 0 Å². The molecule has 1 heterocycles. The van der Waals surface area contributed by atoms with Crippen LogP contribution in [0, 0.1) is 5.92 Å². The quantitative estimate of drug-likeness (QED) is 0.256. The summed E-state index contributed by atoms with van der Waals surface area (Å²) in [5.74, 6) is -1.11. The molecule has 1 rings (SSSR count). The fraction of sp³-hybridized carbons (Fsp3) is 0.941. The summed E-state index contributed by atoms with van der Waals surface area (Å²) in [6.07, 6.45) is -1.87. The van der Waals surface area contributed by atoms with E-state index in [4.69, 9.17) is 9.84 Å². The summed E-state index contributed by atoms with van der Waals surface area (Å²) in [5, 5.41) is 51.2. The van der Waals surface area contributed by atoms with E-state index in [-0.39, 0.29) is 18.9 Å². The summed E-state index contributed by atoms with van der Waals surface area (Å²) in [7, 11) is 0. The van der Waals surface area contributed by atoms with Gasteiger partial charge in [-0.3, -0.25) is 4.79 Å². The first-order chi connectivity index (χ1) is 12.0. The zero-order chi connectivity index (χ0) is 18.8. The van der Waals surface area contributed by atoms with Gasteiger partial charge in [-0.15, -0.1) is 0 Å². The van der Waals surface area contributed by atoms with Gasteiger partial charge in [0, 0.05) is 13.2 Å². The molecule has 0 aromatic rings. The molecular weight excluding hydrogens is 330 g/mol. The lowest BCUT2D eigenvalue weighted by molar-refractivity contribution is -0.240. The van der Waals surface area contributed by atoms with Gasteiger partial charge in [0.1, 0.15) is 24.4 Å². The number of amides is 1. The van der Waals surface area contributed by atoms with Gasteiger partial charge in [-0.1, -0.05) is 26.2 Å². The molecule has 1 saturated heterocycles. The van der Waals surface area contributed by atoms with Crippen molar-refractivity contribution < 1.29 is 35.1 Å². The third-order valence-corrected chi connectivity index (χ3v) is 4.67. The van der Waals surface area contributed by atoms with E-state index < -0.39 is 43.0 Å². The molecule has 2 unspecified atom stereocenters. The first-order valence-electron chi connectivity index (χ1n) is 9.17. The van der Waals surface area contributed by atoms with Crippen LogP contribution in [0.1, 0.15) is 45.4 Å². The molecule has 8 heteroatoms. The highest BCUT2D eigenvalue weighted by Gasteiger charge is 2.47. The molecule has 8 nitrogen and oxygen atoms in total. The summed E-state index contributed by atoms with van der Waals surface area (Å²) >= 11 is 0. The standard InChI is InChI=1S/C17H33NO7/c1-2-3-4-5-8-18-17(24)11(7-6-9-19)16-15(23)14(22)13(21)12(10-20)25-16/h11-16,19-23H,2-10H2,1H3,(H,18,24)/t11?,12-,13-,14+,15-,16?/m1/s1. The van der Waals surface area contributed by atoms with Crippen LogP contribution in [0.3, 0.4) is 0 Å². The molecule has 148 valence electrons. The van der Waals surface area contributed by atoms with Crippen LogP contribution in [-0.4, -0.2) is 81.7 Å². The van der Waals surface area contributed by atoms with Crippen molar-refractivity contribution in [3.63, 3.8) is 0 Å². The molecule has 0 bridgehead atoms. The molecule has 6 N–H and O–H groups in total. The van der Waals surface area contributed by atoms with Crippen LogP contribution >= 0.6 is 0 Å². The number of hydrogen-bond donors (Lipinski definition) is 6. The minimum absolute atomic E-state index is 0.113. The third-order valence-electron chi connectivity index (χ3n) is 4.67. The van der Waals surface area contributed by atoms with Gasteiger partial charge < -0.3 is 35.6 Å². The zero-order valence-corrected chi connectivity index (χ0v) is 14.9. The Balaban J connectivity index is 2.73. The highest BCUT2D eigenvalue weighted by molar-refractivity contribution is 5.79. The fourth-order valence-electron chi connectivity index (χ4n) is 3.11. The first-order valence-corrected chi connectivity index (χ1v) is 9.17. The minimum Gasteiger partial charge on any atom is -0.396 e. The van der Waals surface area contributed by atoms with E-state index in [1.54, 1.807) is 0 Å². The maximum absolute atomic E-state index is 12.5. The smallest absolute Gasteiger partial charge is 0.225 e. The van der Waals surface area contributed by atoms with Crippen LogP contribution in [0.2, 0.25) is 0 Å². The number of carbonyl (C=O) groups is 1. The van der Waals surface area contributed by atoms with E-state index in [9.17, 15) is 25.2 Å². The topological polar surface area (TPSA) is 139 Å². The summed E-state index contributed by atoms with van der Waals surface area (Å²) < 4.78 is 5.50. The molecule has 0 saturated carbocycles. The van der Waals surface area contributed by atoms with E-state index in [0.717, 1.165) is 25.7 Å². The molecule has 1 amide bonds. The van der Waals surface area contributed by atoms with Gasteiger partial charge >= 0.3 is 0 Å². The molecule has 6 atom stereocenters. The van der Waals surface area contributed by atoms with Crippen LogP contribution in [0.25, 0.3) is 0 Å². The average molecular weight is 363 g/mol. The van der Waals surface area contributed by atoms with Gasteiger partial charge in [0.2, 0.25) is 5.91 Å². The van der Waals surface area contributed by atoms with Crippen molar-refractivity contribution in [2.24, 2.45) is 5.92 Å². The maximum atomic E-state index is 12.5. The number of unbranched alkanes of at least 4 members (excludes halogenated alkanes) is 3. The van der Waals surface area contributed by atoms with Crippen molar-refractivity contribution in [3.05, 3.63) is 0 Å². The number of rotatable bonds is 11. The van der Waals surface area contributed by atoms with E-state index in [1.807, 2.05) is 0 Å². The Morgan fingerprint density at radius 3 is 2.36 bits per heavy atom. The van der Waals surface area contributed by atoms with Crippen molar-refractivity contribution in [2.45, 2.75) is 76.0 Å². The van der Waals surface area contributed by atoms with Crippen LogP contribution in [0.5, 0.6) is 0 Å². The second-order valence-electron chi connectivity index (χ2n) is 6.62. The Bertz CT molecular complexity index is 380. The Hall–Kier alpha value is -0.770. The van der Waals surface area contributed by atoms with Gasteiger partial charge in [-0.25, -0.2) is 0 Å². The molecular formula is C17H33NO7. The molecule has 0 aliphatic carbocycles. The third kappa shape index (κ3) is 6.47. The largest absolute Gasteiger partial charge is 0.396 e. The molecule has 0 aromatic carbocycles. The van der Waals surface area contributed by atoms with E-state index in [2.05, 4.69) is 12.2 Å². The molecule has 1 aliphatic heterocycles. The van der Waals surface area contributed by atoms with Crippen LogP contribution in [0.4, 0.5) is 0 Å². The predicted molar refractivity (Wildman–Crippen MR) is 90.7 cm³/mol. The SMILES string of the molecule is CCCCCCNC(=O)C(CCCO)C1O[C@H](CO)[C@@H](O)[C@H](O)[C@H]1O. The predicted octanol–water partition coefficient (Wildman–Crippen LogP) is -1.09. The number of hydrogen-bond acceptors (Lipinski definition) is 7. The van der Waals surface area contributed by atoms with Crippen molar-refractivity contribution in [1.29, 1.82) is 0 Å². The summed E-state index contributed by atoms with van der Waals surface area (Å²) in [5.41, 5.74) is 0. The number of aliphatic hydroxyl groups is 5. The molecule has 25 heavy (non-hydrogen) atoms. The Morgan fingerprint density at radius 1 is 1.04 bits per heavy atom. The monoisotopic (exact) mass is 363 g/mol. The first kappa shape index (κ1) is 22.3. The van der Waals surface area contributed by atoms with E-state index in [0.29, 0.717) is 13.0 Å². The lowest BCUT2D eigenvalue weighted by Gasteiger charge is -2.42. The number of aliphatic hydroxyl groups excluding tert-OH is 5. The zero-order valence-electron chi connectivity index (χ0n) is 14.9. The second kappa shape index (κ2) is 11.8. The number of nitrogens with one attached hydrogen (secondary N) is 1. The lowest BCUT2D eigenvalue weighted by Crippen LogP contribution is -2.61. The Labute approximate surface area is 148 Å². The second-order valence-corrected chi connectivity index (χ2v) is 6.62. The Kier molecular flexibility index (Phi) is 10.5. The van der Waals surface area contributed by atoms with Crippen molar-refractivity contribution >= 4 is 5.91 Å². The summed E-state index contributed by atoms with van der Waals surface area (Å²) in [6.45, 7) is 1.96. The van der Waals surface area contributed by atoms with Crippen molar-refractivity contribution in [1.82, 2.24) is 5.32 Å². The summed E-state index contributed by atoms with van der Waals surface area (Å²) in [4.78, 5) is 12.5. The molecule has 1 fully saturated rings. The van der Waals surface area contributed by atoms with Crippen molar-refractivity contribution in [3.8, 4) is 0 Å². The normalized spacial score (nSPS) is 30.9. The fourth-order valence-corrected chi connectivity index (χ4v) is 3.11. The minimum atomic E-state index is -1.51. The molecule has 1 aliphatic rings. The van der Waals surface area contributed by atoms with Gasteiger partial charge in [0.25, 0.3) is 0 Å².